The summed E-state index contributed by atoms with van der Waals surface area (Å²) in [6, 6.07) is 16.6. The lowest BCUT2D eigenvalue weighted by Gasteiger charge is -2.26. The number of hydrazine groups is 1. The van der Waals surface area contributed by atoms with Crippen LogP contribution in [-0.4, -0.2) is 47.8 Å². The molecule has 2 aromatic carbocycles. The van der Waals surface area contributed by atoms with Gasteiger partial charge in [-0.3, -0.25) is 29.4 Å². The average Bonchev–Trinajstić information content (AvgIpc) is 2.89. The van der Waals surface area contributed by atoms with Crippen molar-refractivity contribution in [1.29, 1.82) is 0 Å². The van der Waals surface area contributed by atoms with Crippen molar-refractivity contribution >= 4 is 29.6 Å². The molecule has 0 bridgehead atoms. The molecule has 0 heterocycles. The van der Waals surface area contributed by atoms with Crippen LogP contribution in [0.25, 0.3) is 0 Å². The van der Waals surface area contributed by atoms with Crippen LogP contribution in [0.15, 0.2) is 72.8 Å². The highest BCUT2D eigenvalue weighted by molar-refractivity contribution is 5.99. The molecule has 0 saturated carbocycles. The van der Waals surface area contributed by atoms with Crippen LogP contribution >= 0.6 is 0 Å². The first kappa shape index (κ1) is 30.8. The standard InChI is InChI=1S/C29H36N4O6/c1-5-39-26(37)20-33(25(36)17-16-23(34)30-19-21-12-8-6-9-13-21)32-28(38)27(22-14-10-7-11-15-22)31-24(35)18-29(2,3)4/h6-17,27H,5,18-20H2,1-4H3,(H,30,34)(H,31,35)(H,32,38)/b17-16+. The highest BCUT2D eigenvalue weighted by atomic mass is 16.5. The largest absolute Gasteiger partial charge is 0.465 e. The zero-order chi connectivity index (χ0) is 28.8. The molecule has 208 valence electrons. The molecule has 0 radical (unpaired) electrons. The Morgan fingerprint density at radius 2 is 1.54 bits per heavy atom. The fourth-order valence-corrected chi connectivity index (χ4v) is 3.43. The lowest BCUT2D eigenvalue weighted by atomic mass is 9.91. The van der Waals surface area contributed by atoms with Crippen LogP contribution in [0.5, 0.6) is 0 Å². The number of carbonyl (C=O) groups excluding carboxylic acids is 5. The second kappa shape index (κ2) is 15.1. The molecule has 0 aliphatic rings. The number of esters is 1. The summed E-state index contributed by atoms with van der Waals surface area (Å²) < 4.78 is 4.92. The van der Waals surface area contributed by atoms with Gasteiger partial charge in [-0.1, -0.05) is 81.4 Å². The minimum atomic E-state index is -1.14. The van der Waals surface area contributed by atoms with Crippen molar-refractivity contribution in [3.05, 3.63) is 83.9 Å². The minimum absolute atomic E-state index is 0.0715. The van der Waals surface area contributed by atoms with Crippen LogP contribution in [0.3, 0.4) is 0 Å². The van der Waals surface area contributed by atoms with Gasteiger partial charge in [-0.2, -0.15) is 0 Å². The van der Waals surface area contributed by atoms with E-state index in [4.69, 9.17) is 4.74 Å². The molecule has 39 heavy (non-hydrogen) atoms. The zero-order valence-electron chi connectivity index (χ0n) is 22.7. The van der Waals surface area contributed by atoms with Gasteiger partial charge >= 0.3 is 5.97 Å². The fourth-order valence-electron chi connectivity index (χ4n) is 3.43. The van der Waals surface area contributed by atoms with Crippen molar-refractivity contribution in [1.82, 2.24) is 21.1 Å². The van der Waals surface area contributed by atoms with Gasteiger partial charge in [-0.25, -0.2) is 5.01 Å². The number of nitrogens with zero attached hydrogens (tertiary/aromatic N) is 1. The number of benzene rings is 2. The van der Waals surface area contributed by atoms with Gasteiger partial charge in [0.15, 0.2) is 0 Å². The predicted octanol–water partition coefficient (Wildman–Crippen LogP) is 2.58. The van der Waals surface area contributed by atoms with E-state index in [0.29, 0.717) is 5.56 Å². The SMILES string of the molecule is CCOC(=O)CN(NC(=O)C(NC(=O)CC(C)(C)C)c1ccccc1)C(=O)/C=C/C(=O)NCc1ccccc1. The van der Waals surface area contributed by atoms with Gasteiger partial charge in [0.2, 0.25) is 11.8 Å². The van der Waals surface area contributed by atoms with Crippen molar-refractivity contribution in [2.45, 2.75) is 46.7 Å². The summed E-state index contributed by atoms with van der Waals surface area (Å²) in [5, 5.41) is 6.10. The Hall–Kier alpha value is -4.47. The first-order valence-electron chi connectivity index (χ1n) is 12.6. The summed E-state index contributed by atoms with van der Waals surface area (Å²) in [7, 11) is 0. The third kappa shape index (κ3) is 11.6. The van der Waals surface area contributed by atoms with Gasteiger partial charge in [0.05, 0.1) is 6.61 Å². The summed E-state index contributed by atoms with van der Waals surface area (Å²) in [6.45, 7) is 7.02. The molecule has 3 N–H and O–H groups in total. The Morgan fingerprint density at radius 1 is 0.923 bits per heavy atom. The lowest BCUT2D eigenvalue weighted by Crippen LogP contribution is -2.52. The molecule has 4 amide bonds. The molecule has 0 spiro atoms. The Bertz CT molecular complexity index is 1160. The molecular formula is C29H36N4O6. The number of hydrogen-bond donors (Lipinski definition) is 3. The highest BCUT2D eigenvalue weighted by Crippen LogP contribution is 2.20. The Morgan fingerprint density at radius 3 is 2.13 bits per heavy atom. The van der Waals surface area contributed by atoms with Gasteiger partial charge in [0, 0.05) is 25.1 Å². The van der Waals surface area contributed by atoms with Crippen LogP contribution < -0.4 is 16.1 Å². The number of nitrogens with one attached hydrogen (secondary N) is 3. The maximum atomic E-state index is 13.3. The van der Waals surface area contributed by atoms with Crippen LogP contribution in [0, 0.1) is 5.41 Å². The summed E-state index contributed by atoms with van der Waals surface area (Å²) >= 11 is 0. The van der Waals surface area contributed by atoms with Crippen molar-refractivity contribution in [3.63, 3.8) is 0 Å². The smallest absolute Gasteiger partial charge is 0.327 e. The van der Waals surface area contributed by atoms with E-state index in [9.17, 15) is 24.0 Å². The van der Waals surface area contributed by atoms with Gasteiger partial charge in [0.25, 0.3) is 11.8 Å². The molecule has 0 aliphatic heterocycles. The van der Waals surface area contributed by atoms with E-state index in [2.05, 4.69) is 16.1 Å². The number of carbonyl (C=O) groups is 5. The first-order valence-corrected chi connectivity index (χ1v) is 12.6. The van der Waals surface area contributed by atoms with Crippen LogP contribution in [0.1, 0.15) is 51.3 Å². The van der Waals surface area contributed by atoms with Crippen molar-refractivity contribution in [2.75, 3.05) is 13.2 Å². The molecular weight excluding hydrogens is 500 g/mol. The van der Waals surface area contributed by atoms with E-state index in [1.807, 2.05) is 51.1 Å². The Balaban J connectivity index is 2.17. The summed E-state index contributed by atoms with van der Waals surface area (Å²) in [6.07, 6.45) is 2.11. The molecule has 0 aliphatic carbocycles. The molecule has 0 saturated heterocycles. The average molecular weight is 537 g/mol. The molecule has 10 nitrogen and oxygen atoms in total. The second-order valence-electron chi connectivity index (χ2n) is 9.89. The summed E-state index contributed by atoms with van der Waals surface area (Å²) in [4.78, 5) is 63.3. The third-order valence-electron chi connectivity index (χ3n) is 5.18. The number of rotatable bonds is 11. The van der Waals surface area contributed by atoms with Crippen molar-refractivity contribution < 1.29 is 28.7 Å². The maximum absolute atomic E-state index is 13.3. The molecule has 0 fully saturated rings. The van der Waals surface area contributed by atoms with Gasteiger partial charge in [-0.05, 0) is 23.5 Å². The van der Waals surface area contributed by atoms with Gasteiger partial charge in [-0.15, -0.1) is 0 Å². The molecule has 2 aromatic rings. The topological polar surface area (TPSA) is 134 Å². The van der Waals surface area contributed by atoms with E-state index in [1.54, 1.807) is 37.3 Å². The minimum Gasteiger partial charge on any atom is -0.465 e. The highest BCUT2D eigenvalue weighted by Gasteiger charge is 2.28. The number of hydrogen-bond acceptors (Lipinski definition) is 6. The van der Waals surface area contributed by atoms with E-state index in [1.165, 1.54) is 0 Å². The Kier molecular flexibility index (Phi) is 11.9. The lowest BCUT2D eigenvalue weighted by molar-refractivity contribution is -0.151. The third-order valence-corrected chi connectivity index (χ3v) is 5.18. The Labute approximate surface area is 228 Å². The van der Waals surface area contributed by atoms with E-state index in [0.717, 1.165) is 22.7 Å². The monoisotopic (exact) mass is 536 g/mol. The van der Waals surface area contributed by atoms with E-state index >= 15 is 0 Å². The molecule has 1 unspecified atom stereocenters. The normalized spacial score (nSPS) is 11.8. The number of amides is 4. The van der Waals surface area contributed by atoms with E-state index < -0.39 is 36.3 Å². The van der Waals surface area contributed by atoms with E-state index in [-0.39, 0.29) is 30.9 Å². The van der Waals surface area contributed by atoms with Gasteiger partial charge in [0.1, 0.15) is 12.6 Å². The first-order chi connectivity index (χ1) is 18.5. The van der Waals surface area contributed by atoms with Crippen molar-refractivity contribution in [3.8, 4) is 0 Å². The molecule has 0 aromatic heterocycles. The zero-order valence-corrected chi connectivity index (χ0v) is 22.7. The van der Waals surface area contributed by atoms with Crippen LogP contribution in [0.2, 0.25) is 0 Å². The van der Waals surface area contributed by atoms with Crippen LogP contribution in [-0.2, 0) is 35.3 Å². The maximum Gasteiger partial charge on any atom is 0.327 e. The second-order valence-corrected chi connectivity index (χ2v) is 9.89. The van der Waals surface area contributed by atoms with Crippen LogP contribution in [0.4, 0.5) is 0 Å². The molecule has 10 heteroatoms. The van der Waals surface area contributed by atoms with Gasteiger partial charge < -0.3 is 15.4 Å². The quantitative estimate of drug-likeness (QED) is 0.230. The van der Waals surface area contributed by atoms with Crippen molar-refractivity contribution in [2.24, 2.45) is 5.41 Å². The summed E-state index contributed by atoms with van der Waals surface area (Å²) in [5.41, 5.74) is 3.44. The molecule has 2 rings (SSSR count). The number of ether oxygens (including phenoxy) is 1. The fraction of sp³-hybridized carbons (Fsp3) is 0.345. The summed E-state index contributed by atoms with van der Waals surface area (Å²) in [5.74, 6) is -3.24. The predicted molar refractivity (Wildman–Crippen MR) is 145 cm³/mol. The molecule has 1 atom stereocenters.